The van der Waals surface area contributed by atoms with Crippen LogP contribution in [0.4, 0.5) is 0 Å². The summed E-state index contributed by atoms with van der Waals surface area (Å²) in [6, 6.07) is 9.15. The van der Waals surface area contributed by atoms with E-state index < -0.39 is 25.8 Å². The minimum Gasteiger partial charge on any atom is -0.545 e. The Morgan fingerprint density at radius 1 is 0.933 bits per heavy atom. The van der Waals surface area contributed by atoms with E-state index in [0.29, 0.717) is 39.9 Å². The van der Waals surface area contributed by atoms with E-state index in [1.165, 1.54) is 0 Å². The maximum Gasteiger partial charge on any atom is 0.338 e. The molecule has 30 heavy (non-hydrogen) atoms. The lowest BCUT2D eigenvalue weighted by atomic mass is 9.77. The Balaban J connectivity index is 2.48. The average Bonchev–Trinajstić information content (AvgIpc) is 2.58. The number of carbonyl (C=O) groups excluding carboxylic acids is 2. The van der Waals surface area contributed by atoms with Crippen molar-refractivity contribution in [2.75, 3.05) is 0 Å². The van der Waals surface area contributed by atoms with Gasteiger partial charge in [0, 0.05) is 12.0 Å². The molecule has 0 aliphatic heterocycles. The third-order valence-corrected chi connectivity index (χ3v) is 12.1. The van der Waals surface area contributed by atoms with Crippen LogP contribution >= 0.6 is 0 Å². The first-order valence-corrected chi connectivity index (χ1v) is 13.2. The van der Waals surface area contributed by atoms with Crippen molar-refractivity contribution < 1.29 is 18.8 Å². The summed E-state index contributed by atoms with van der Waals surface area (Å²) in [5, 5.41) is 0. The van der Waals surface area contributed by atoms with E-state index in [2.05, 4.69) is 41.5 Å². The standard InChI is InChI=1S/C25H38O4Si/c1-16(2)30(17(3)4,18(5)6)29-21-15-20(22(21)24(27)28-25(7,8)9)23(26)19-13-11-10-12-14-19/h10-14,16-18,20H,15H2,1-9H3/t20-/m1/s1. The quantitative estimate of drug-likeness (QED) is 0.262. The molecule has 2 rings (SSSR count). The fraction of sp³-hybridized carbons (Fsp3) is 0.600. The average molecular weight is 431 g/mol. The molecule has 0 radical (unpaired) electrons. The molecule has 0 N–H and O–H groups in total. The Kier molecular flexibility index (Phi) is 7.39. The van der Waals surface area contributed by atoms with Crippen molar-refractivity contribution in [3.8, 4) is 0 Å². The number of esters is 1. The molecular formula is C25H38O4Si. The molecule has 1 aliphatic carbocycles. The molecule has 0 bridgehead atoms. The number of benzene rings is 1. The van der Waals surface area contributed by atoms with Crippen LogP contribution < -0.4 is 0 Å². The van der Waals surface area contributed by atoms with Crippen LogP contribution in [-0.4, -0.2) is 25.7 Å². The first-order chi connectivity index (χ1) is 13.8. The Hall–Kier alpha value is -1.88. The van der Waals surface area contributed by atoms with Crippen LogP contribution in [-0.2, 0) is 14.0 Å². The van der Waals surface area contributed by atoms with E-state index in [1.54, 1.807) is 12.1 Å². The van der Waals surface area contributed by atoms with Gasteiger partial charge in [0.15, 0.2) is 5.78 Å². The highest BCUT2D eigenvalue weighted by atomic mass is 28.4. The lowest BCUT2D eigenvalue weighted by molar-refractivity contribution is -0.151. The number of hydrogen-bond donors (Lipinski definition) is 0. The Bertz CT molecular complexity index is 778. The van der Waals surface area contributed by atoms with E-state index in [4.69, 9.17) is 9.16 Å². The van der Waals surface area contributed by atoms with Crippen molar-refractivity contribution in [3.05, 3.63) is 47.2 Å². The third-order valence-electron chi connectivity index (χ3n) is 6.04. The van der Waals surface area contributed by atoms with Gasteiger partial charge >= 0.3 is 5.97 Å². The van der Waals surface area contributed by atoms with Crippen LogP contribution in [0.25, 0.3) is 0 Å². The molecule has 0 heterocycles. The molecule has 0 unspecified atom stereocenters. The first-order valence-electron chi connectivity index (χ1n) is 11.1. The summed E-state index contributed by atoms with van der Waals surface area (Å²) in [4.78, 5) is 26.2. The number of carbonyl (C=O) groups is 2. The summed E-state index contributed by atoms with van der Waals surface area (Å²) in [6.45, 7) is 18.8. The molecule has 1 aromatic rings. The van der Waals surface area contributed by atoms with Crippen molar-refractivity contribution in [3.63, 3.8) is 0 Å². The SMILES string of the molecule is CC(C)[Si](OC1=C(C(=O)OC(C)(C)C)[C@H](C(=O)c2ccccc2)C1)(C(C)C)C(C)C. The molecule has 5 heteroatoms. The topological polar surface area (TPSA) is 52.6 Å². The van der Waals surface area contributed by atoms with E-state index in [9.17, 15) is 9.59 Å². The number of hydrogen-bond acceptors (Lipinski definition) is 4. The second-order valence-corrected chi connectivity index (χ2v) is 15.6. The highest BCUT2D eigenvalue weighted by molar-refractivity contribution is 6.78. The zero-order valence-corrected chi connectivity index (χ0v) is 21.0. The highest BCUT2D eigenvalue weighted by Crippen LogP contribution is 2.48. The molecule has 0 amide bonds. The van der Waals surface area contributed by atoms with Gasteiger partial charge in [-0.25, -0.2) is 4.79 Å². The third kappa shape index (κ3) is 4.88. The smallest absolute Gasteiger partial charge is 0.338 e. The number of ketones is 1. The summed E-state index contributed by atoms with van der Waals surface area (Å²) in [6.07, 6.45) is 0.462. The maximum absolute atomic E-state index is 13.1. The normalized spacial score (nSPS) is 17.4. The minimum atomic E-state index is -2.23. The summed E-state index contributed by atoms with van der Waals surface area (Å²) in [7, 11) is -2.23. The number of rotatable bonds is 8. The van der Waals surface area contributed by atoms with Gasteiger partial charge in [0.25, 0.3) is 8.32 Å². The van der Waals surface area contributed by atoms with Crippen molar-refractivity contribution in [2.45, 2.75) is 91.0 Å². The van der Waals surface area contributed by atoms with Gasteiger partial charge in [0.2, 0.25) is 0 Å². The van der Waals surface area contributed by atoms with Gasteiger partial charge in [-0.3, -0.25) is 4.79 Å². The highest BCUT2D eigenvalue weighted by Gasteiger charge is 2.51. The number of allylic oxidation sites excluding steroid dienone is 1. The van der Waals surface area contributed by atoms with E-state index >= 15 is 0 Å². The molecule has 0 saturated carbocycles. The second kappa shape index (κ2) is 9.09. The van der Waals surface area contributed by atoms with E-state index in [1.807, 2.05) is 39.0 Å². The molecule has 0 aromatic heterocycles. The molecule has 1 atom stereocenters. The molecule has 166 valence electrons. The molecule has 0 fully saturated rings. The van der Waals surface area contributed by atoms with Crippen LogP contribution in [0.15, 0.2) is 41.7 Å². The predicted molar refractivity (Wildman–Crippen MR) is 124 cm³/mol. The van der Waals surface area contributed by atoms with E-state index in [0.717, 1.165) is 0 Å². The van der Waals surface area contributed by atoms with Crippen molar-refractivity contribution in [1.82, 2.24) is 0 Å². The molecule has 0 saturated heterocycles. The van der Waals surface area contributed by atoms with Crippen LogP contribution in [0, 0.1) is 5.92 Å². The van der Waals surface area contributed by atoms with Gasteiger partial charge in [-0.2, -0.15) is 0 Å². The molecule has 1 aliphatic rings. The van der Waals surface area contributed by atoms with Crippen LogP contribution in [0.1, 0.15) is 79.1 Å². The van der Waals surface area contributed by atoms with Crippen LogP contribution in [0.3, 0.4) is 0 Å². The van der Waals surface area contributed by atoms with Gasteiger partial charge in [-0.1, -0.05) is 71.9 Å². The Morgan fingerprint density at radius 2 is 1.43 bits per heavy atom. The van der Waals surface area contributed by atoms with Gasteiger partial charge in [0.1, 0.15) is 5.60 Å². The van der Waals surface area contributed by atoms with Crippen molar-refractivity contribution in [1.29, 1.82) is 0 Å². The molecule has 0 spiro atoms. The maximum atomic E-state index is 13.1. The largest absolute Gasteiger partial charge is 0.545 e. The summed E-state index contributed by atoms with van der Waals surface area (Å²) in [5.74, 6) is -0.316. The monoisotopic (exact) mass is 430 g/mol. The van der Waals surface area contributed by atoms with Gasteiger partial charge in [-0.05, 0) is 37.4 Å². The van der Waals surface area contributed by atoms with Crippen molar-refractivity contribution in [2.24, 2.45) is 5.92 Å². The molecular weight excluding hydrogens is 392 g/mol. The fourth-order valence-corrected chi connectivity index (χ4v) is 10.1. The zero-order chi connectivity index (χ0) is 22.9. The zero-order valence-electron chi connectivity index (χ0n) is 20.0. The predicted octanol–water partition coefficient (Wildman–Crippen LogP) is 6.68. The summed E-state index contributed by atoms with van der Waals surface area (Å²) in [5.41, 5.74) is 1.55. The summed E-state index contributed by atoms with van der Waals surface area (Å²) < 4.78 is 12.5. The lowest BCUT2D eigenvalue weighted by Crippen LogP contribution is -2.49. The Labute approximate surface area is 183 Å². The van der Waals surface area contributed by atoms with Crippen LogP contribution in [0.2, 0.25) is 16.6 Å². The van der Waals surface area contributed by atoms with Gasteiger partial charge in [0.05, 0.1) is 17.3 Å². The second-order valence-electron chi connectivity index (χ2n) is 10.2. The van der Waals surface area contributed by atoms with E-state index in [-0.39, 0.29) is 5.78 Å². The number of Topliss-reactive ketones (excluding diaryl/α,β-unsaturated/α-hetero) is 1. The first kappa shape index (κ1) is 24.4. The lowest BCUT2D eigenvalue weighted by Gasteiger charge is -2.46. The van der Waals surface area contributed by atoms with Crippen molar-refractivity contribution >= 4 is 20.1 Å². The molecule has 4 nitrogen and oxygen atoms in total. The number of ether oxygens (including phenoxy) is 1. The van der Waals surface area contributed by atoms with Crippen LogP contribution in [0.5, 0.6) is 0 Å². The minimum absolute atomic E-state index is 0.0466. The fourth-order valence-electron chi connectivity index (χ4n) is 4.74. The molecule has 1 aromatic carbocycles. The van der Waals surface area contributed by atoms with Gasteiger partial charge < -0.3 is 9.16 Å². The Morgan fingerprint density at radius 3 is 1.87 bits per heavy atom. The summed E-state index contributed by atoms with van der Waals surface area (Å²) >= 11 is 0. The van der Waals surface area contributed by atoms with Gasteiger partial charge in [-0.15, -0.1) is 0 Å².